The Morgan fingerprint density at radius 2 is 1.86 bits per heavy atom. The van der Waals surface area contributed by atoms with Gasteiger partial charge in [0.15, 0.2) is 0 Å². The first-order chi connectivity index (χ1) is 10.0. The van der Waals surface area contributed by atoms with E-state index in [0.717, 1.165) is 38.2 Å². The van der Waals surface area contributed by atoms with Crippen molar-refractivity contribution in [2.75, 3.05) is 32.7 Å². The topological polar surface area (TPSA) is 65.6 Å². The molecule has 1 N–H and O–H groups in total. The summed E-state index contributed by atoms with van der Waals surface area (Å²) in [6.07, 6.45) is 1.39. The average Bonchev–Trinajstić information content (AvgIpc) is 2.48. The lowest BCUT2D eigenvalue weighted by Crippen LogP contribution is -3.14. The Morgan fingerprint density at radius 3 is 2.43 bits per heavy atom. The summed E-state index contributed by atoms with van der Waals surface area (Å²) in [6.45, 7) is 3.30. The Hall–Kier alpha value is -1.49. The van der Waals surface area contributed by atoms with Gasteiger partial charge in [-0.1, -0.05) is 0 Å². The highest BCUT2D eigenvalue weighted by atomic mass is 32.2. The number of nitriles is 1. The van der Waals surface area contributed by atoms with Gasteiger partial charge < -0.3 is 4.90 Å². The number of unbranched alkanes of at least 4 members (excludes halogenated alkanes) is 1. The van der Waals surface area contributed by atoms with Crippen molar-refractivity contribution < 1.29 is 17.7 Å². The maximum Gasteiger partial charge on any atom is 0.243 e. The summed E-state index contributed by atoms with van der Waals surface area (Å²) < 4.78 is 39.2. The standard InChI is InChI=1S/C14H18FN3O2S/c15-13-3-5-14(6-4-13)21(19,20)18-11-9-17(10-12-18)8-2-1-7-16/h3-6H,1-2,8-12H2/p+1. The summed E-state index contributed by atoms with van der Waals surface area (Å²) in [5, 5.41) is 8.52. The summed E-state index contributed by atoms with van der Waals surface area (Å²) in [7, 11) is -3.53. The quantitative estimate of drug-likeness (QED) is 0.780. The maximum absolute atomic E-state index is 12.9. The Bertz CT molecular complexity index is 602. The Labute approximate surface area is 124 Å². The van der Waals surface area contributed by atoms with Crippen molar-refractivity contribution in [2.24, 2.45) is 0 Å². The number of halogens is 1. The van der Waals surface area contributed by atoms with Crippen molar-refractivity contribution >= 4 is 10.0 Å². The largest absolute Gasteiger partial charge is 0.333 e. The molecule has 0 saturated carbocycles. The van der Waals surface area contributed by atoms with Crippen LogP contribution >= 0.6 is 0 Å². The van der Waals surface area contributed by atoms with Crippen LogP contribution in [-0.2, 0) is 10.0 Å². The van der Waals surface area contributed by atoms with E-state index >= 15 is 0 Å². The molecule has 21 heavy (non-hydrogen) atoms. The van der Waals surface area contributed by atoms with Gasteiger partial charge in [0.1, 0.15) is 5.82 Å². The Kier molecular flexibility index (Phi) is 5.28. The molecular formula is C14H19FN3O2S+. The molecule has 1 aliphatic heterocycles. The lowest BCUT2D eigenvalue weighted by atomic mass is 10.3. The van der Waals surface area contributed by atoms with Crippen LogP contribution in [0, 0.1) is 17.1 Å². The minimum Gasteiger partial charge on any atom is -0.333 e. The first kappa shape index (κ1) is 15.9. The fourth-order valence-corrected chi connectivity index (χ4v) is 3.91. The third-order valence-electron chi connectivity index (χ3n) is 3.70. The van der Waals surface area contributed by atoms with E-state index in [2.05, 4.69) is 6.07 Å². The smallest absolute Gasteiger partial charge is 0.243 e. The summed E-state index contributed by atoms with van der Waals surface area (Å²) >= 11 is 0. The van der Waals surface area contributed by atoms with Crippen molar-refractivity contribution in [1.82, 2.24) is 4.31 Å². The summed E-state index contributed by atoms with van der Waals surface area (Å²) in [6, 6.07) is 7.05. The molecule has 1 aromatic carbocycles. The van der Waals surface area contributed by atoms with Gasteiger partial charge in [0.05, 0.1) is 43.7 Å². The van der Waals surface area contributed by atoms with Crippen LogP contribution in [0.15, 0.2) is 29.2 Å². The SMILES string of the molecule is N#CCCC[NH+]1CCN(S(=O)(=O)c2ccc(F)cc2)CC1. The van der Waals surface area contributed by atoms with Crippen LogP contribution in [0.5, 0.6) is 0 Å². The Balaban J connectivity index is 1.95. The third-order valence-corrected chi connectivity index (χ3v) is 5.61. The molecule has 1 aromatic rings. The molecule has 1 heterocycles. The molecule has 2 rings (SSSR count). The van der Waals surface area contributed by atoms with Gasteiger partial charge in [-0.3, -0.25) is 0 Å². The number of rotatable bonds is 5. The van der Waals surface area contributed by atoms with E-state index < -0.39 is 15.8 Å². The van der Waals surface area contributed by atoms with Gasteiger partial charge in [-0.25, -0.2) is 12.8 Å². The molecule has 5 nitrogen and oxygen atoms in total. The predicted octanol–water partition coefficient (Wildman–Crippen LogP) is 0.0187. The number of quaternary nitrogens is 1. The van der Waals surface area contributed by atoms with Gasteiger partial charge in [-0.05, 0) is 24.3 Å². The zero-order chi connectivity index (χ0) is 15.3. The van der Waals surface area contributed by atoms with Crippen molar-refractivity contribution in [1.29, 1.82) is 5.26 Å². The first-order valence-electron chi connectivity index (χ1n) is 7.00. The molecule has 0 spiro atoms. The monoisotopic (exact) mass is 312 g/mol. The zero-order valence-electron chi connectivity index (χ0n) is 11.8. The van der Waals surface area contributed by atoms with E-state index in [4.69, 9.17) is 5.26 Å². The number of piperazine rings is 1. The van der Waals surface area contributed by atoms with Gasteiger partial charge in [0.2, 0.25) is 10.0 Å². The highest BCUT2D eigenvalue weighted by Gasteiger charge is 2.30. The van der Waals surface area contributed by atoms with Crippen LogP contribution in [0.25, 0.3) is 0 Å². The van der Waals surface area contributed by atoms with E-state index in [9.17, 15) is 12.8 Å². The molecule has 114 valence electrons. The molecule has 1 saturated heterocycles. The predicted molar refractivity (Wildman–Crippen MR) is 75.6 cm³/mol. The molecule has 0 amide bonds. The number of benzene rings is 1. The van der Waals surface area contributed by atoms with E-state index in [1.165, 1.54) is 21.3 Å². The molecule has 1 fully saturated rings. The van der Waals surface area contributed by atoms with Gasteiger partial charge >= 0.3 is 0 Å². The van der Waals surface area contributed by atoms with E-state index in [0.29, 0.717) is 19.5 Å². The number of nitrogens with zero attached hydrogens (tertiary/aromatic N) is 2. The van der Waals surface area contributed by atoms with Gasteiger partial charge in [-0.15, -0.1) is 0 Å². The lowest BCUT2D eigenvalue weighted by molar-refractivity contribution is -0.903. The summed E-state index contributed by atoms with van der Waals surface area (Å²) in [5.74, 6) is -0.444. The second-order valence-corrected chi connectivity index (χ2v) is 7.06. The van der Waals surface area contributed by atoms with Crippen LogP contribution in [0.3, 0.4) is 0 Å². The van der Waals surface area contributed by atoms with Crippen molar-refractivity contribution in [3.8, 4) is 6.07 Å². The van der Waals surface area contributed by atoms with Gasteiger partial charge in [-0.2, -0.15) is 9.57 Å². The highest BCUT2D eigenvalue weighted by molar-refractivity contribution is 7.89. The van der Waals surface area contributed by atoms with E-state index in [1.54, 1.807) is 0 Å². The lowest BCUT2D eigenvalue weighted by Gasteiger charge is -2.31. The molecule has 0 aromatic heterocycles. The van der Waals surface area contributed by atoms with E-state index in [-0.39, 0.29) is 4.90 Å². The highest BCUT2D eigenvalue weighted by Crippen LogP contribution is 2.15. The second kappa shape index (κ2) is 6.98. The first-order valence-corrected chi connectivity index (χ1v) is 8.44. The molecule has 0 radical (unpaired) electrons. The van der Waals surface area contributed by atoms with E-state index in [1.807, 2.05) is 0 Å². The minimum absolute atomic E-state index is 0.136. The molecule has 0 bridgehead atoms. The van der Waals surface area contributed by atoms with Gasteiger partial charge in [0.25, 0.3) is 0 Å². The number of hydrogen-bond donors (Lipinski definition) is 1. The number of hydrogen-bond acceptors (Lipinski definition) is 3. The fraction of sp³-hybridized carbons (Fsp3) is 0.500. The maximum atomic E-state index is 12.9. The van der Waals surface area contributed by atoms with Crippen LogP contribution in [-0.4, -0.2) is 45.4 Å². The molecule has 0 aliphatic carbocycles. The third kappa shape index (κ3) is 4.00. The fourth-order valence-electron chi connectivity index (χ4n) is 2.47. The summed E-state index contributed by atoms with van der Waals surface area (Å²) in [5.41, 5.74) is 0. The average molecular weight is 312 g/mol. The normalized spacial score (nSPS) is 17.5. The number of sulfonamides is 1. The minimum atomic E-state index is -3.53. The van der Waals surface area contributed by atoms with Crippen LogP contribution in [0.1, 0.15) is 12.8 Å². The zero-order valence-corrected chi connectivity index (χ0v) is 12.6. The molecular weight excluding hydrogens is 293 g/mol. The number of nitrogens with one attached hydrogen (secondary N) is 1. The van der Waals surface area contributed by atoms with Crippen molar-refractivity contribution in [2.45, 2.75) is 17.7 Å². The van der Waals surface area contributed by atoms with Crippen molar-refractivity contribution in [3.05, 3.63) is 30.1 Å². The molecule has 0 unspecified atom stereocenters. The van der Waals surface area contributed by atoms with Crippen LogP contribution in [0.4, 0.5) is 4.39 Å². The summed E-state index contributed by atoms with van der Waals surface area (Å²) in [4.78, 5) is 1.47. The van der Waals surface area contributed by atoms with Gasteiger partial charge in [0, 0.05) is 12.8 Å². The van der Waals surface area contributed by atoms with Crippen LogP contribution in [0.2, 0.25) is 0 Å². The molecule has 0 atom stereocenters. The Morgan fingerprint density at radius 1 is 1.24 bits per heavy atom. The van der Waals surface area contributed by atoms with Crippen molar-refractivity contribution in [3.63, 3.8) is 0 Å². The second-order valence-electron chi connectivity index (χ2n) is 5.12. The van der Waals surface area contributed by atoms with Crippen LogP contribution < -0.4 is 4.90 Å². The molecule has 1 aliphatic rings. The molecule has 7 heteroatoms.